The van der Waals surface area contributed by atoms with E-state index in [1.165, 1.54) is 11.3 Å². The van der Waals surface area contributed by atoms with Crippen molar-refractivity contribution in [2.75, 3.05) is 5.32 Å². The Balaban J connectivity index is 1.67. The molecular weight excluding hydrogens is 420 g/mol. The van der Waals surface area contributed by atoms with E-state index in [9.17, 15) is 9.59 Å². The molecule has 156 valence electrons. The van der Waals surface area contributed by atoms with Crippen molar-refractivity contribution in [3.8, 4) is 0 Å². The summed E-state index contributed by atoms with van der Waals surface area (Å²) in [4.78, 5) is 25.5. The van der Waals surface area contributed by atoms with Gasteiger partial charge in [-0.1, -0.05) is 41.9 Å². The highest BCUT2D eigenvalue weighted by molar-refractivity contribution is 7.12. The van der Waals surface area contributed by atoms with Gasteiger partial charge in [0.15, 0.2) is 0 Å². The van der Waals surface area contributed by atoms with Crippen LogP contribution in [0.1, 0.15) is 45.0 Å². The second kappa shape index (κ2) is 10.4. The molecule has 2 amide bonds. The lowest BCUT2D eigenvalue weighted by molar-refractivity contribution is 0.0651. The number of hydrogen-bond acceptors (Lipinski definition) is 4. The summed E-state index contributed by atoms with van der Waals surface area (Å²) < 4.78 is 5.69. The average molecular weight is 443 g/mol. The van der Waals surface area contributed by atoms with Gasteiger partial charge < -0.3 is 15.4 Å². The van der Waals surface area contributed by atoms with E-state index in [0.717, 1.165) is 11.1 Å². The van der Waals surface area contributed by atoms with Gasteiger partial charge in [-0.25, -0.2) is 0 Å². The first-order valence-corrected chi connectivity index (χ1v) is 10.8. The molecule has 0 bridgehead atoms. The predicted molar refractivity (Wildman–Crippen MR) is 121 cm³/mol. The first-order valence-electron chi connectivity index (χ1n) is 9.55. The van der Waals surface area contributed by atoms with Gasteiger partial charge >= 0.3 is 0 Å². The number of halogens is 1. The number of hydrogen-bond donors (Lipinski definition) is 2. The van der Waals surface area contributed by atoms with Crippen LogP contribution < -0.4 is 10.6 Å². The van der Waals surface area contributed by atoms with Crippen LogP contribution >= 0.6 is 22.9 Å². The lowest BCUT2D eigenvalue weighted by Gasteiger charge is -2.13. The third-order valence-electron chi connectivity index (χ3n) is 4.35. The first-order chi connectivity index (χ1) is 14.4. The normalized spacial score (nSPS) is 10.8. The molecule has 30 heavy (non-hydrogen) atoms. The summed E-state index contributed by atoms with van der Waals surface area (Å²) in [5.74, 6) is -0.513. The molecule has 0 atom stereocenters. The van der Waals surface area contributed by atoms with Crippen LogP contribution in [0.5, 0.6) is 0 Å². The highest BCUT2D eigenvalue weighted by Gasteiger charge is 2.13. The molecule has 0 aliphatic heterocycles. The first kappa shape index (κ1) is 22.0. The minimum absolute atomic E-state index is 0.129. The molecule has 0 aliphatic rings. The van der Waals surface area contributed by atoms with Crippen molar-refractivity contribution in [3.63, 3.8) is 0 Å². The van der Waals surface area contributed by atoms with Crippen LogP contribution in [0.4, 0.5) is 5.69 Å². The molecule has 0 fully saturated rings. The molecule has 0 aliphatic carbocycles. The average Bonchev–Trinajstić information content (AvgIpc) is 3.27. The molecule has 0 unspecified atom stereocenters. The summed E-state index contributed by atoms with van der Waals surface area (Å²) in [6.07, 6.45) is 0.129. The van der Waals surface area contributed by atoms with E-state index in [0.29, 0.717) is 34.3 Å². The number of carbonyl (C=O) groups is 2. The zero-order chi connectivity index (χ0) is 21.5. The molecule has 2 N–H and O–H groups in total. The van der Waals surface area contributed by atoms with Gasteiger partial charge in [0.05, 0.1) is 28.3 Å². The minimum atomic E-state index is -0.261. The highest BCUT2D eigenvalue weighted by Crippen LogP contribution is 2.24. The van der Waals surface area contributed by atoms with Crippen LogP contribution in [-0.4, -0.2) is 17.9 Å². The largest absolute Gasteiger partial charge is 0.374 e. The van der Waals surface area contributed by atoms with Gasteiger partial charge in [0.25, 0.3) is 11.8 Å². The van der Waals surface area contributed by atoms with E-state index in [4.69, 9.17) is 16.3 Å². The number of benzene rings is 2. The number of rotatable bonds is 8. The third-order valence-corrected chi connectivity index (χ3v) is 5.55. The number of ether oxygens (including phenoxy) is 1. The number of anilines is 1. The minimum Gasteiger partial charge on any atom is -0.374 e. The topological polar surface area (TPSA) is 67.4 Å². The summed E-state index contributed by atoms with van der Waals surface area (Å²) in [6, 6.07) is 16.2. The summed E-state index contributed by atoms with van der Waals surface area (Å²) in [6.45, 7) is 4.83. The fraction of sp³-hybridized carbons (Fsp3) is 0.217. The van der Waals surface area contributed by atoms with Crippen LogP contribution in [0.25, 0.3) is 0 Å². The Morgan fingerprint density at radius 2 is 1.80 bits per heavy atom. The molecule has 2 aromatic carbocycles. The maximum atomic E-state index is 12.7. The van der Waals surface area contributed by atoms with E-state index in [2.05, 4.69) is 10.6 Å². The summed E-state index contributed by atoms with van der Waals surface area (Å²) >= 11 is 7.54. The van der Waals surface area contributed by atoms with Gasteiger partial charge in [-0.3, -0.25) is 9.59 Å². The molecule has 0 saturated carbocycles. The van der Waals surface area contributed by atoms with Gasteiger partial charge in [-0.2, -0.15) is 0 Å². The van der Waals surface area contributed by atoms with Crippen LogP contribution in [-0.2, 0) is 17.9 Å². The lowest BCUT2D eigenvalue weighted by atomic mass is 10.1. The summed E-state index contributed by atoms with van der Waals surface area (Å²) in [5, 5.41) is 7.88. The third kappa shape index (κ3) is 5.92. The van der Waals surface area contributed by atoms with Crippen molar-refractivity contribution in [1.82, 2.24) is 5.32 Å². The Morgan fingerprint density at radius 3 is 2.50 bits per heavy atom. The Bertz CT molecular complexity index is 1020. The van der Waals surface area contributed by atoms with Crippen LogP contribution in [0.2, 0.25) is 5.02 Å². The molecule has 0 spiro atoms. The van der Waals surface area contributed by atoms with E-state index >= 15 is 0 Å². The second-order valence-electron chi connectivity index (χ2n) is 6.94. The van der Waals surface area contributed by atoms with Crippen molar-refractivity contribution >= 4 is 40.4 Å². The standard InChI is InChI=1S/C23H23ClN2O3S/c1-15(2)29-14-18-7-4-3-6-17(18)13-25-22(27)16-9-10-19(24)20(12-16)26-23(28)21-8-5-11-30-21/h3-12,15H,13-14H2,1-2H3,(H,25,27)(H,26,28). The van der Waals surface area contributed by atoms with E-state index in [-0.39, 0.29) is 17.9 Å². The van der Waals surface area contributed by atoms with Crippen LogP contribution in [0.3, 0.4) is 0 Å². The number of nitrogens with one attached hydrogen (secondary N) is 2. The second-order valence-corrected chi connectivity index (χ2v) is 8.29. The molecule has 0 saturated heterocycles. The molecule has 7 heteroatoms. The Hall–Kier alpha value is -2.67. The van der Waals surface area contributed by atoms with Crippen molar-refractivity contribution < 1.29 is 14.3 Å². The number of thiophene rings is 1. The summed E-state index contributed by atoms with van der Waals surface area (Å²) in [5.41, 5.74) is 2.84. The summed E-state index contributed by atoms with van der Waals surface area (Å²) in [7, 11) is 0. The van der Waals surface area contributed by atoms with Gasteiger partial charge in [0.1, 0.15) is 0 Å². The predicted octanol–water partition coefficient (Wildman–Crippen LogP) is 5.51. The zero-order valence-electron chi connectivity index (χ0n) is 16.8. The lowest BCUT2D eigenvalue weighted by Crippen LogP contribution is -2.24. The van der Waals surface area contributed by atoms with Crippen molar-refractivity contribution in [3.05, 3.63) is 86.6 Å². The maximum absolute atomic E-state index is 12.7. The quantitative estimate of drug-likeness (QED) is 0.483. The van der Waals surface area contributed by atoms with Crippen molar-refractivity contribution in [2.45, 2.75) is 33.1 Å². The SMILES string of the molecule is CC(C)OCc1ccccc1CNC(=O)c1ccc(Cl)c(NC(=O)c2cccs2)c1. The smallest absolute Gasteiger partial charge is 0.265 e. The Labute approximate surface area is 185 Å². The molecule has 5 nitrogen and oxygen atoms in total. The van der Waals surface area contributed by atoms with E-state index in [1.54, 1.807) is 30.3 Å². The van der Waals surface area contributed by atoms with Gasteiger partial charge in [-0.05, 0) is 54.6 Å². The fourth-order valence-electron chi connectivity index (χ4n) is 2.76. The van der Waals surface area contributed by atoms with Crippen LogP contribution in [0.15, 0.2) is 60.0 Å². The van der Waals surface area contributed by atoms with Crippen LogP contribution in [0, 0.1) is 0 Å². The molecule has 1 heterocycles. The molecular formula is C23H23ClN2O3S. The molecule has 1 aromatic heterocycles. The monoisotopic (exact) mass is 442 g/mol. The maximum Gasteiger partial charge on any atom is 0.265 e. The Morgan fingerprint density at radius 1 is 1.03 bits per heavy atom. The highest BCUT2D eigenvalue weighted by atomic mass is 35.5. The number of amides is 2. The van der Waals surface area contributed by atoms with Crippen molar-refractivity contribution in [2.24, 2.45) is 0 Å². The van der Waals surface area contributed by atoms with E-state index in [1.807, 2.05) is 43.5 Å². The van der Waals surface area contributed by atoms with Gasteiger partial charge in [0.2, 0.25) is 0 Å². The molecule has 3 aromatic rings. The molecule has 3 rings (SSSR count). The Kier molecular flexibility index (Phi) is 7.63. The zero-order valence-corrected chi connectivity index (χ0v) is 18.3. The molecule has 0 radical (unpaired) electrons. The van der Waals surface area contributed by atoms with Crippen molar-refractivity contribution in [1.29, 1.82) is 0 Å². The van der Waals surface area contributed by atoms with Gasteiger partial charge in [0, 0.05) is 12.1 Å². The fourth-order valence-corrected chi connectivity index (χ4v) is 3.54. The number of carbonyl (C=O) groups excluding carboxylic acids is 2. The van der Waals surface area contributed by atoms with Gasteiger partial charge in [-0.15, -0.1) is 11.3 Å². The van der Waals surface area contributed by atoms with E-state index < -0.39 is 0 Å².